The zero-order valence-corrected chi connectivity index (χ0v) is 9.37. The summed E-state index contributed by atoms with van der Waals surface area (Å²) in [5.74, 6) is -1.41. The number of benzene rings is 1. The molecule has 98 valence electrons. The van der Waals surface area contributed by atoms with Gasteiger partial charge in [-0.15, -0.1) is 0 Å². The molecule has 0 unspecified atom stereocenters. The molecule has 1 rings (SSSR count). The van der Waals surface area contributed by atoms with E-state index in [-0.39, 0.29) is 12.2 Å². The maximum Gasteiger partial charge on any atom is 0.394 e. The minimum atomic E-state index is -4.44. The minimum Gasteiger partial charge on any atom is -0.478 e. The maximum atomic E-state index is 12.2. The number of aliphatic carboxylic acids is 1. The van der Waals surface area contributed by atoms with Gasteiger partial charge in [-0.25, -0.2) is 4.79 Å². The van der Waals surface area contributed by atoms with Gasteiger partial charge in [0.25, 0.3) is 0 Å². The average molecular weight is 259 g/mol. The third kappa shape index (κ3) is 5.93. The van der Waals surface area contributed by atoms with Gasteiger partial charge in [-0.05, 0) is 5.56 Å². The number of alkyl halides is 3. The Morgan fingerprint density at radius 1 is 1.28 bits per heavy atom. The van der Waals surface area contributed by atoms with Gasteiger partial charge in [0, 0.05) is 18.3 Å². The van der Waals surface area contributed by atoms with Crippen LogP contribution >= 0.6 is 0 Å². The van der Waals surface area contributed by atoms with E-state index in [0.717, 1.165) is 5.56 Å². The molecule has 18 heavy (non-hydrogen) atoms. The number of carbonyl (C=O) groups is 1. The summed E-state index contributed by atoms with van der Waals surface area (Å²) in [4.78, 5) is 10.4. The first kappa shape index (κ1) is 14.1. The Kier molecular flexibility index (Phi) is 4.76. The highest BCUT2D eigenvalue weighted by Crippen LogP contribution is 2.23. The number of rotatable bonds is 5. The van der Waals surface area contributed by atoms with Crippen molar-refractivity contribution in [3.8, 4) is 0 Å². The fraction of sp³-hybridized carbons (Fsp3) is 0.250. The van der Waals surface area contributed by atoms with Crippen molar-refractivity contribution in [1.82, 2.24) is 5.32 Å². The van der Waals surface area contributed by atoms with Crippen molar-refractivity contribution in [3.05, 3.63) is 47.7 Å². The molecule has 0 bridgehead atoms. The lowest BCUT2D eigenvalue weighted by atomic mass is 10.2. The van der Waals surface area contributed by atoms with Crippen LogP contribution in [0.1, 0.15) is 12.0 Å². The first-order valence-corrected chi connectivity index (χ1v) is 5.15. The van der Waals surface area contributed by atoms with Crippen LogP contribution in [0.2, 0.25) is 0 Å². The lowest BCUT2D eigenvalue weighted by Gasteiger charge is -2.12. The summed E-state index contributed by atoms with van der Waals surface area (Å²) in [7, 11) is 0. The summed E-state index contributed by atoms with van der Waals surface area (Å²) in [6.45, 7) is 0.149. The zero-order valence-electron chi connectivity index (χ0n) is 9.37. The fourth-order valence-corrected chi connectivity index (χ4v) is 1.34. The first-order valence-electron chi connectivity index (χ1n) is 5.15. The third-order valence-corrected chi connectivity index (χ3v) is 2.05. The summed E-state index contributed by atoms with van der Waals surface area (Å²) in [6.07, 6.45) is -5.19. The quantitative estimate of drug-likeness (QED) is 0.799. The van der Waals surface area contributed by atoms with Crippen LogP contribution in [0.5, 0.6) is 0 Å². The Morgan fingerprint density at radius 2 is 1.89 bits per heavy atom. The van der Waals surface area contributed by atoms with E-state index < -0.39 is 18.6 Å². The Balaban J connectivity index is 2.66. The molecule has 0 spiro atoms. The van der Waals surface area contributed by atoms with Gasteiger partial charge in [0.2, 0.25) is 0 Å². The Hall–Kier alpha value is -1.98. The largest absolute Gasteiger partial charge is 0.478 e. The van der Waals surface area contributed by atoms with E-state index in [1.54, 1.807) is 30.3 Å². The van der Waals surface area contributed by atoms with Gasteiger partial charge in [-0.2, -0.15) is 13.2 Å². The van der Waals surface area contributed by atoms with E-state index in [1.807, 2.05) is 0 Å². The third-order valence-electron chi connectivity index (χ3n) is 2.05. The first-order chi connectivity index (χ1) is 8.37. The molecule has 2 N–H and O–H groups in total. The van der Waals surface area contributed by atoms with E-state index in [1.165, 1.54) is 0 Å². The lowest BCUT2D eigenvalue weighted by Crippen LogP contribution is -2.20. The van der Waals surface area contributed by atoms with E-state index in [4.69, 9.17) is 5.11 Å². The molecule has 0 aromatic heterocycles. The van der Waals surface area contributed by atoms with E-state index in [9.17, 15) is 18.0 Å². The molecule has 0 saturated carbocycles. The van der Waals surface area contributed by atoms with Crippen LogP contribution in [0, 0.1) is 0 Å². The number of carboxylic acids is 1. The molecule has 0 radical (unpaired) electrons. The van der Waals surface area contributed by atoms with Gasteiger partial charge in [0.1, 0.15) is 0 Å². The maximum absolute atomic E-state index is 12.2. The fourth-order valence-electron chi connectivity index (χ4n) is 1.34. The van der Waals surface area contributed by atoms with Crippen molar-refractivity contribution in [2.24, 2.45) is 0 Å². The second-order valence-electron chi connectivity index (χ2n) is 3.64. The molecule has 0 saturated heterocycles. The smallest absolute Gasteiger partial charge is 0.394 e. The van der Waals surface area contributed by atoms with Gasteiger partial charge in [-0.3, -0.25) is 0 Å². The molecular formula is C12H12F3NO2. The summed E-state index contributed by atoms with van der Waals surface area (Å²) in [5.41, 5.74) is 0.412. The second kappa shape index (κ2) is 6.09. The molecule has 3 nitrogen and oxygen atoms in total. The second-order valence-corrected chi connectivity index (χ2v) is 3.64. The molecule has 0 aliphatic heterocycles. The molecule has 1 aromatic carbocycles. The van der Waals surface area contributed by atoms with E-state index in [2.05, 4.69) is 5.32 Å². The summed E-state index contributed by atoms with van der Waals surface area (Å²) >= 11 is 0. The van der Waals surface area contributed by atoms with Gasteiger partial charge in [0.05, 0.1) is 6.42 Å². The van der Waals surface area contributed by atoms with Crippen LogP contribution in [0.4, 0.5) is 13.2 Å². The number of nitrogens with one attached hydrogen (secondary N) is 1. The van der Waals surface area contributed by atoms with Crippen LogP contribution in [0.3, 0.4) is 0 Å². The lowest BCUT2D eigenvalue weighted by molar-refractivity contribution is -0.132. The summed E-state index contributed by atoms with van der Waals surface area (Å²) in [6, 6.07) is 8.76. The Morgan fingerprint density at radius 3 is 2.39 bits per heavy atom. The Labute approximate surface area is 102 Å². The van der Waals surface area contributed by atoms with E-state index in [0.29, 0.717) is 6.08 Å². The molecule has 6 heteroatoms. The number of hydrogen-bond acceptors (Lipinski definition) is 2. The highest BCUT2D eigenvalue weighted by molar-refractivity contribution is 5.80. The van der Waals surface area contributed by atoms with Crippen molar-refractivity contribution >= 4 is 5.97 Å². The van der Waals surface area contributed by atoms with Crippen LogP contribution in [-0.2, 0) is 11.3 Å². The molecule has 0 aliphatic carbocycles. The van der Waals surface area contributed by atoms with Crippen molar-refractivity contribution < 1.29 is 23.1 Å². The van der Waals surface area contributed by atoms with E-state index >= 15 is 0 Å². The number of carboxylic acid groups (broad SMARTS) is 1. The topological polar surface area (TPSA) is 49.3 Å². The molecule has 0 fully saturated rings. The van der Waals surface area contributed by atoms with Gasteiger partial charge < -0.3 is 10.4 Å². The van der Waals surface area contributed by atoms with Gasteiger partial charge in [0.15, 0.2) is 0 Å². The molecule has 0 aliphatic rings. The van der Waals surface area contributed by atoms with Crippen LogP contribution in [0.25, 0.3) is 0 Å². The van der Waals surface area contributed by atoms with Crippen molar-refractivity contribution in [2.75, 3.05) is 0 Å². The van der Waals surface area contributed by atoms with Crippen LogP contribution in [-0.4, -0.2) is 17.3 Å². The number of halogens is 3. The van der Waals surface area contributed by atoms with Crippen molar-refractivity contribution in [3.63, 3.8) is 0 Å². The number of allylic oxidation sites excluding steroid dienone is 1. The van der Waals surface area contributed by atoms with Crippen molar-refractivity contribution in [1.29, 1.82) is 0 Å². The molecule has 0 amide bonds. The van der Waals surface area contributed by atoms with Gasteiger partial charge >= 0.3 is 12.1 Å². The van der Waals surface area contributed by atoms with Gasteiger partial charge in [-0.1, -0.05) is 30.3 Å². The molecule has 0 atom stereocenters. The predicted molar refractivity (Wildman–Crippen MR) is 59.7 cm³/mol. The Bertz CT molecular complexity index is 427. The molecule has 0 heterocycles. The highest BCUT2D eigenvalue weighted by atomic mass is 19.4. The summed E-state index contributed by atoms with van der Waals surface area (Å²) < 4.78 is 36.6. The standard InChI is InChI=1S/C12H12F3NO2/c13-12(14,15)7-10(6-11(17)18)16-8-9-4-2-1-3-5-9/h1-6,16H,7-8H2,(H,17,18). The number of hydrogen-bond donors (Lipinski definition) is 2. The normalized spacial score (nSPS) is 12.3. The van der Waals surface area contributed by atoms with Crippen LogP contribution < -0.4 is 5.32 Å². The SMILES string of the molecule is O=C(O)C=C(CC(F)(F)F)NCc1ccccc1. The molecule has 1 aromatic rings. The predicted octanol–water partition coefficient (Wildman–Crippen LogP) is 2.70. The average Bonchev–Trinajstić information content (AvgIpc) is 2.24. The van der Waals surface area contributed by atoms with Crippen molar-refractivity contribution in [2.45, 2.75) is 19.1 Å². The monoisotopic (exact) mass is 259 g/mol. The summed E-state index contributed by atoms with van der Waals surface area (Å²) in [5, 5.41) is 11.0. The zero-order chi connectivity index (χ0) is 13.6. The van der Waals surface area contributed by atoms with Crippen LogP contribution in [0.15, 0.2) is 42.1 Å². The molecular weight excluding hydrogens is 247 g/mol. The minimum absolute atomic E-state index is 0.149. The highest BCUT2D eigenvalue weighted by Gasteiger charge is 2.29.